The van der Waals surface area contributed by atoms with Gasteiger partial charge in [-0.2, -0.15) is 5.10 Å². The van der Waals surface area contributed by atoms with Gasteiger partial charge >= 0.3 is 0 Å². The lowest BCUT2D eigenvalue weighted by Crippen LogP contribution is -2.32. The van der Waals surface area contributed by atoms with Crippen LogP contribution in [0.25, 0.3) is 0 Å². The Hall–Kier alpha value is -1.68. The van der Waals surface area contributed by atoms with E-state index in [0.29, 0.717) is 6.04 Å². The van der Waals surface area contributed by atoms with Gasteiger partial charge in [-0.25, -0.2) is 0 Å². The highest BCUT2D eigenvalue weighted by atomic mass is 15.2. The largest absolute Gasteiger partial charge is 0.314 e. The molecule has 0 aliphatic heterocycles. The lowest BCUT2D eigenvalue weighted by Gasteiger charge is -2.17. The van der Waals surface area contributed by atoms with Crippen LogP contribution in [0.1, 0.15) is 31.0 Å². The van der Waals surface area contributed by atoms with E-state index in [4.69, 9.17) is 0 Å². The van der Waals surface area contributed by atoms with E-state index in [1.807, 2.05) is 30.2 Å². The molecule has 0 aliphatic carbocycles. The summed E-state index contributed by atoms with van der Waals surface area (Å²) in [5.74, 6) is 0. The van der Waals surface area contributed by atoms with Crippen LogP contribution in [0.15, 0.2) is 36.8 Å². The summed E-state index contributed by atoms with van der Waals surface area (Å²) in [6.45, 7) is 3.26. The smallest absolute Gasteiger partial charge is 0.0522 e. The Labute approximate surface area is 121 Å². The van der Waals surface area contributed by atoms with Crippen LogP contribution in [0.3, 0.4) is 0 Å². The van der Waals surface area contributed by atoms with Crippen molar-refractivity contribution in [3.05, 3.63) is 48.0 Å². The van der Waals surface area contributed by atoms with Crippen LogP contribution in [-0.4, -0.2) is 27.4 Å². The Morgan fingerprint density at radius 3 is 2.90 bits per heavy atom. The fourth-order valence-corrected chi connectivity index (χ4v) is 2.35. The molecule has 1 atom stereocenters. The number of aryl methyl sites for hydroxylation is 2. The van der Waals surface area contributed by atoms with Gasteiger partial charge in [-0.15, -0.1) is 0 Å². The lowest BCUT2D eigenvalue weighted by molar-refractivity contribution is 0.475. The second-order valence-corrected chi connectivity index (χ2v) is 5.24. The molecule has 0 bridgehead atoms. The van der Waals surface area contributed by atoms with Crippen molar-refractivity contribution >= 4 is 0 Å². The highest BCUT2D eigenvalue weighted by Crippen LogP contribution is 2.08. The molecule has 0 fully saturated rings. The van der Waals surface area contributed by atoms with Crippen LogP contribution in [-0.2, 0) is 19.9 Å². The predicted octanol–water partition coefficient (Wildman–Crippen LogP) is 2.36. The normalized spacial score (nSPS) is 12.5. The van der Waals surface area contributed by atoms with Gasteiger partial charge in [0.25, 0.3) is 0 Å². The van der Waals surface area contributed by atoms with Gasteiger partial charge in [-0.05, 0) is 49.9 Å². The molecule has 0 saturated carbocycles. The minimum Gasteiger partial charge on any atom is -0.314 e. The first-order valence-electron chi connectivity index (χ1n) is 7.38. The maximum Gasteiger partial charge on any atom is 0.0522 e. The first-order valence-corrected chi connectivity index (χ1v) is 7.38. The van der Waals surface area contributed by atoms with Gasteiger partial charge < -0.3 is 5.32 Å². The summed E-state index contributed by atoms with van der Waals surface area (Å²) < 4.78 is 1.87. The third kappa shape index (κ3) is 4.78. The third-order valence-electron chi connectivity index (χ3n) is 3.40. The second kappa shape index (κ2) is 7.80. The lowest BCUT2D eigenvalue weighted by atomic mass is 10.0. The molecular formula is C16H24N4. The van der Waals surface area contributed by atoms with Gasteiger partial charge in [0.15, 0.2) is 0 Å². The van der Waals surface area contributed by atoms with E-state index in [9.17, 15) is 0 Å². The molecular weight excluding hydrogens is 248 g/mol. The fraction of sp³-hybridized carbons (Fsp3) is 0.500. The van der Waals surface area contributed by atoms with Crippen molar-refractivity contribution < 1.29 is 0 Å². The van der Waals surface area contributed by atoms with Gasteiger partial charge in [0.2, 0.25) is 0 Å². The van der Waals surface area contributed by atoms with E-state index < -0.39 is 0 Å². The highest BCUT2D eigenvalue weighted by molar-refractivity contribution is 5.07. The molecule has 108 valence electrons. The monoisotopic (exact) mass is 272 g/mol. The standard InChI is InChI=1S/C16H24N4/c1-3-9-17-16(11-14-12-19-20(2)13-14)8-7-15-6-4-5-10-18-15/h4-6,10,12-13,16-17H,3,7-9,11H2,1-2H3. The number of rotatable bonds is 8. The number of hydrogen-bond acceptors (Lipinski definition) is 3. The number of nitrogens with zero attached hydrogens (tertiary/aromatic N) is 3. The molecule has 0 radical (unpaired) electrons. The first kappa shape index (κ1) is 14.7. The number of hydrogen-bond donors (Lipinski definition) is 1. The summed E-state index contributed by atoms with van der Waals surface area (Å²) in [6.07, 6.45) is 10.2. The average molecular weight is 272 g/mol. The molecule has 2 rings (SSSR count). The molecule has 0 amide bonds. The third-order valence-corrected chi connectivity index (χ3v) is 3.40. The average Bonchev–Trinajstić information content (AvgIpc) is 2.88. The molecule has 2 aromatic heterocycles. The van der Waals surface area contributed by atoms with Crippen molar-refractivity contribution in [3.8, 4) is 0 Å². The van der Waals surface area contributed by atoms with Gasteiger partial charge in [0.05, 0.1) is 6.20 Å². The Kier molecular flexibility index (Phi) is 5.74. The summed E-state index contributed by atoms with van der Waals surface area (Å²) in [6, 6.07) is 6.60. The van der Waals surface area contributed by atoms with Crippen molar-refractivity contribution in [1.29, 1.82) is 0 Å². The Morgan fingerprint density at radius 1 is 1.35 bits per heavy atom. The van der Waals surface area contributed by atoms with Crippen molar-refractivity contribution in [2.45, 2.75) is 38.6 Å². The van der Waals surface area contributed by atoms with Crippen LogP contribution in [0.5, 0.6) is 0 Å². The van der Waals surface area contributed by atoms with Gasteiger partial charge in [-0.3, -0.25) is 9.67 Å². The number of pyridine rings is 1. The van der Waals surface area contributed by atoms with E-state index in [1.165, 1.54) is 11.3 Å². The number of nitrogens with one attached hydrogen (secondary N) is 1. The van der Waals surface area contributed by atoms with Crippen molar-refractivity contribution in [2.24, 2.45) is 7.05 Å². The summed E-state index contributed by atoms with van der Waals surface area (Å²) in [5, 5.41) is 7.88. The van der Waals surface area contributed by atoms with Crippen LogP contribution in [0.2, 0.25) is 0 Å². The Bertz CT molecular complexity index is 492. The molecule has 0 spiro atoms. The fourth-order valence-electron chi connectivity index (χ4n) is 2.35. The van der Waals surface area contributed by atoms with Crippen molar-refractivity contribution in [1.82, 2.24) is 20.1 Å². The van der Waals surface area contributed by atoms with Gasteiger partial charge in [0.1, 0.15) is 0 Å². The highest BCUT2D eigenvalue weighted by Gasteiger charge is 2.10. The summed E-state index contributed by atoms with van der Waals surface area (Å²) in [5.41, 5.74) is 2.46. The van der Waals surface area contributed by atoms with Crippen LogP contribution in [0, 0.1) is 0 Å². The quantitative estimate of drug-likeness (QED) is 0.802. The van der Waals surface area contributed by atoms with E-state index >= 15 is 0 Å². The topological polar surface area (TPSA) is 42.7 Å². The molecule has 2 aromatic rings. The maximum atomic E-state index is 4.40. The molecule has 4 nitrogen and oxygen atoms in total. The van der Waals surface area contributed by atoms with E-state index in [2.05, 4.69) is 40.7 Å². The van der Waals surface area contributed by atoms with Gasteiger partial charge in [0, 0.05) is 31.2 Å². The number of aromatic nitrogens is 3. The van der Waals surface area contributed by atoms with E-state index in [-0.39, 0.29) is 0 Å². The molecule has 0 aliphatic rings. The zero-order valence-corrected chi connectivity index (χ0v) is 12.4. The zero-order chi connectivity index (χ0) is 14.2. The summed E-state index contributed by atoms with van der Waals surface area (Å²) in [4.78, 5) is 4.40. The molecule has 2 heterocycles. The Morgan fingerprint density at radius 2 is 2.25 bits per heavy atom. The van der Waals surface area contributed by atoms with Crippen molar-refractivity contribution in [3.63, 3.8) is 0 Å². The zero-order valence-electron chi connectivity index (χ0n) is 12.4. The maximum absolute atomic E-state index is 4.40. The molecule has 20 heavy (non-hydrogen) atoms. The first-order chi connectivity index (χ1) is 9.78. The van der Waals surface area contributed by atoms with Crippen LogP contribution in [0.4, 0.5) is 0 Å². The van der Waals surface area contributed by atoms with Gasteiger partial charge in [-0.1, -0.05) is 13.0 Å². The van der Waals surface area contributed by atoms with E-state index in [1.54, 1.807) is 0 Å². The van der Waals surface area contributed by atoms with Crippen molar-refractivity contribution in [2.75, 3.05) is 6.54 Å². The summed E-state index contributed by atoms with van der Waals surface area (Å²) >= 11 is 0. The summed E-state index contributed by atoms with van der Waals surface area (Å²) in [7, 11) is 1.96. The SMILES string of the molecule is CCCNC(CCc1ccccn1)Cc1cnn(C)c1. The second-order valence-electron chi connectivity index (χ2n) is 5.24. The minimum atomic E-state index is 0.487. The molecule has 0 aromatic carbocycles. The van der Waals surface area contributed by atoms with E-state index in [0.717, 1.165) is 32.2 Å². The molecule has 1 unspecified atom stereocenters. The minimum absolute atomic E-state index is 0.487. The molecule has 4 heteroatoms. The van der Waals surface area contributed by atoms with Crippen LogP contribution >= 0.6 is 0 Å². The van der Waals surface area contributed by atoms with Crippen LogP contribution < -0.4 is 5.32 Å². The molecule has 0 saturated heterocycles. The Balaban J connectivity index is 1.89. The predicted molar refractivity (Wildman–Crippen MR) is 81.6 cm³/mol. The molecule has 1 N–H and O–H groups in total.